The molecule has 1 aliphatic rings. The van der Waals surface area contributed by atoms with Gasteiger partial charge in [-0.05, 0) is 41.0 Å². The summed E-state index contributed by atoms with van der Waals surface area (Å²) in [6, 6.07) is 2.49. The first-order valence-electron chi connectivity index (χ1n) is 10.4. The Labute approximate surface area is 178 Å². The first-order valence-corrected chi connectivity index (χ1v) is 11.5. The highest BCUT2D eigenvalue weighted by Crippen LogP contribution is 2.50. The second kappa shape index (κ2) is 11.2. The second-order valence-corrected chi connectivity index (χ2v) is 9.35. The molecular weight excluding hydrogens is 407 g/mol. The zero-order valence-electron chi connectivity index (χ0n) is 18.6. The Morgan fingerprint density at radius 3 is 2.60 bits per heavy atom. The van der Waals surface area contributed by atoms with Crippen LogP contribution in [-0.2, 0) is 13.8 Å². The lowest BCUT2D eigenvalue weighted by molar-refractivity contribution is -0.0202. The van der Waals surface area contributed by atoms with Crippen molar-refractivity contribution in [2.75, 3.05) is 6.61 Å². The Morgan fingerprint density at radius 1 is 1.37 bits per heavy atom. The van der Waals surface area contributed by atoms with Crippen molar-refractivity contribution in [3.05, 3.63) is 32.6 Å². The van der Waals surface area contributed by atoms with Crippen LogP contribution in [0.3, 0.4) is 0 Å². The van der Waals surface area contributed by atoms with E-state index in [1.165, 1.54) is 10.8 Å². The molecule has 0 aliphatic carbocycles. The van der Waals surface area contributed by atoms with Gasteiger partial charge in [-0.15, -0.1) is 0 Å². The molecule has 0 aromatic carbocycles. The first kappa shape index (κ1) is 24.7. The van der Waals surface area contributed by atoms with Crippen LogP contribution in [0.4, 0.5) is 0 Å². The number of H-pyrrole nitrogens is 1. The van der Waals surface area contributed by atoms with Crippen LogP contribution in [0.2, 0.25) is 0 Å². The lowest BCUT2D eigenvalue weighted by Crippen LogP contribution is -2.35. The maximum absolute atomic E-state index is 12.3. The number of hydrogen-bond acceptors (Lipinski definition) is 7. The van der Waals surface area contributed by atoms with Crippen molar-refractivity contribution in [1.82, 2.24) is 14.2 Å². The molecule has 1 saturated heterocycles. The van der Waals surface area contributed by atoms with Gasteiger partial charge in [0.15, 0.2) is 0 Å². The lowest BCUT2D eigenvalue weighted by atomic mass is 10.1. The molecule has 1 fully saturated rings. The minimum absolute atomic E-state index is 0.195. The summed E-state index contributed by atoms with van der Waals surface area (Å²) in [7, 11) is -1.41. The Morgan fingerprint density at radius 2 is 2.03 bits per heavy atom. The van der Waals surface area contributed by atoms with Gasteiger partial charge >= 0.3 is 5.69 Å². The number of aromatic nitrogens is 2. The van der Waals surface area contributed by atoms with Crippen molar-refractivity contribution in [2.45, 2.75) is 91.3 Å². The van der Waals surface area contributed by atoms with Gasteiger partial charge in [0.25, 0.3) is 14.1 Å². The minimum Gasteiger partial charge on any atom is -0.352 e. The Balaban J connectivity index is 2.24. The second-order valence-electron chi connectivity index (χ2n) is 7.94. The molecule has 4 atom stereocenters. The quantitative estimate of drug-likeness (QED) is 0.439. The molecule has 2 rings (SSSR count). The highest BCUT2D eigenvalue weighted by atomic mass is 31.2. The molecular formula is C20H33N4O5P. The third kappa shape index (κ3) is 5.99. The summed E-state index contributed by atoms with van der Waals surface area (Å²) >= 11 is 0. The maximum atomic E-state index is 12.3. The normalized spacial score (nSPS) is 22.7. The molecule has 1 N–H and O–H groups in total. The van der Waals surface area contributed by atoms with Gasteiger partial charge in [0.2, 0.25) is 0 Å². The third-order valence-electron chi connectivity index (χ3n) is 4.93. The maximum Gasteiger partial charge on any atom is 0.330 e. The molecule has 1 aromatic heterocycles. The first-order chi connectivity index (χ1) is 14.2. The topological polar surface area (TPSA) is 110 Å². The molecule has 0 spiro atoms. The van der Waals surface area contributed by atoms with Crippen LogP contribution < -0.4 is 11.2 Å². The van der Waals surface area contributed by atoms with Crippen molar-refractivity contribution in [3.8, 4) is 6.07 Å². The summed E-state index contributed by atoms with van der Waals surface area (Å²) in [5, 5.41) is 8.87. The zero-order valence-corrected chi connectivity index (χ0v) is 19.5. The van der Waals surface area contributed by atoms with Crippen LogP contribution in [0.1, 0.15) is 65.7 Å². The number of nitrogens with one attached hydrogen (secondary N) is 1. The highest BCUT2D eigenvalue weighted by molar-refractivity contribution is 7.44. The van der Waals surface area contributed by atoms with Crippen molar-refractivity contribution in [3.63, 3.8) is 0 Å². The smallest absolute Gasteiger partial charge is 0.330 e. The van der Waals surface area contributed by atoms with E-state index in [-0.39, 0.29) is 24.3 Å². The summed E-state index contributed by atoms with van der Waals surface area (Å²) in [6.45, 7) is 12.3. The van der Waals surface area contributed by atoms with Crippen LogP contribution >= 0.6 is 8.53 Å². The summed E-state index contributed by atoms with van der Waals surface area (Å²) in [4.78, 5) is 26.3. The average Bonchev–Trinajstić information content (AvgIpc) is 3.06. The monoisotopic (exact) mass is 440 g/mol. The van der Waals surface area contributed by atoms with Crippen molar-refractivity contribution in [1.29, 1.82) is 5.26 Å². The molecule has 1 aliphatic heterocycles. The standard InChI is InChI=1S/C20H33N4O5P/c1-7-16-17(11-18(28-16)23-12-15(6)19(25)22-20(23)26)29-30(27-10-8-9-21)24(13(2)3)14(4)5/h12-14,16-18H,7-8,10-11H2,1-6H3,(H,22,25,26)/t16-,17?,18-,30?/m1/s1. The fourth-order valence-electron chi connectivity index (χ4n) is 3.55. The van der Waals surface area contributed by atoms with E-state index in [0.29, 0.717) is 31.4 Å². The molecule has 10 heteroatoms. The molecule has 0 bridgehead atoms. The lowest BCUT2D eigenvalue weighted by Gasteiger charge is -2.37. The number of ether oxygens (including phenoxy) is 1. The Kier molecular flexibility index (Phi) is 9.20. The van der Waals surface area contributed by atoms with Gasteiger partial charge in [-0.25, -0.2) is 9.46 Å². The van der Waals surface area contributed by atoms with Gasteiger partial charge in [0.05, 0.1) is 31.3 Å². The molecule has 30 heavy (non-hydrogen) atoms. The number of aryl methyl sites for hydroxylation is 1. The van der Waals surface area contributed by atoms with Crippen LogP contribution in [0.15, 0.2) is 15.8 Å². The van der Waals surface area contributed by atoms with Crippen LogP contribution in [0, 0.1) is 18.3 Å². The fourth-order valence-corrected chi connectivity index (χ4v) is 5.31. The van der Waals surface area contributed by atoms with Gasteiger partial charge in [-0.2, -0.15) is 5.26 Å². The largest absolute Gasteiger partial charge is 0.352 e. The van der Waals surface area contributed by atoms with E-state index in [9.17, 15) is 9.59 Å². The Hall–Kier alpha value is -1.56. The van der Waals surface area contributed by atoms with E-state index in [1.54, 1.807) is 6.92 Å². The van der Waals surface area contributed by atoms with Crippen molar-refractivity contribution < 1.29 is 13.8 Å². The van der Waals surface area contributed by atoms with Crippen molar-refractivity contribution in [2.24, 2.45) is 0 Å². The van der Waals surface area contributed by atoms with Crippen LogP contribution in [0.25, 0.3) is 0 Å². The molecule has 0 saturated carbocycles. The number of hydrogen-bond donors (Lipinski definition) is 1. The fraction of sp³-hybridized carbons (Fsp3) is 0.750. The van der Waals surface area contributed by atoms with E-state index in [0.717, 1.165) is 0 Å². The molecule has 0 amide bonds. The van der Waals surface area contributed by atoms with E-state index in [4.69, 9.17) is 19.0 Å². The van der Waals surface area contributed by atoms with E-state index in [2.05, 4.69) is 43.4 Å². The number of nitrogens with zero attached hydrogens (tertiary/aromatic N) is 3. The predicted molar refractivity (Wildman–Crippen MR) is 115 cm³/mol. The summed E-state index contributed by atoms with van der Waals surface area (Å²) in [5.74, 6) is 0. The molecule has 9 nitrogen and oxygen atoms in total. The van der Waals surface area contributed by atoms with E-state index >= 15 is 0 Å². The molecule has 168 valence electrons. The van der Waals surface area contributed by atoms with Gasteiger partial charge in [0.1, 0.15) is 6.23 Å². The van der Waals surface area contributed by atoms with Crippen molar-refractivity contribution >= 4 is 8.53 Å². The van der Waals surface area contributed by atoms with Gasteiger partial charge in [-0.3, -0.25) is 14.3 Å². The van der Waals surface area contributed by atoms with E-state index < -0.39 is 26.0 Å². The summed E-state index contributed by atoms with van der Waals surface area (Å²) in [5.41, 5.74) is -0.443. The molecule has 0 radical (unpaired) electrons. The molecule has 2 unspecified atom stereocenters. The van der Waals surface area contributed by atoms with Crippen LogP contribution in [0.5, 0.6) is 0 Å². The van der Waals surface area contributed by atoms with E-state index in [1.807, 2.05) is 6.92 Å². The molecule has 2 heterocycles. The Bertz CT molecular complexity index is 839. The summed E-state index contributed by atoms with van der Waals surface area (Å²) < 4.78 is 22.1. The number of rotatable bonds is 10. The third-order valence-corrected chi connectivity index (χ3v) is 7.08. The minimum atomic E-state index is -1.41. The van der Waals surface area contributed by atoms with Gasteiger partial charge in [0, 0.05) is 30.3 Å². The number of nitriles is 1. The predicted octanol–water partition coefficient (Wildman–Crippen LogP) is 3.20. The SMILES string of the molecule is CC[C@H]1O[C@@H](n2cc(C)c(=O)[nH]c2=O)CC1OP(OCCC#N)N(C(C)C)C(C)C. The van der Waals surface area contributed by atoms with Crippen LogP contribution in [-0.4, -0.2) is 45.1 Å². The molecule has 1 aromatic rings. The average molecular weight is 440 g/mol. The number of aromatic amines is 1. The zero-order chi connectivity index (χ0) is 22.4. The highest BCUT2D eigenvalue weighted by Gasteiger charge is 2.40. The summed E-state index contributed by atoms with van der Waals surface area (Å²) in [6.07, 6.45) is 2.00. The van der Waals surface area contributed by atoms with Gasteiger partial charge in [-0.1, -0.05) is 6.92 Å². The van der Waals surface area contributed by atoms with Gasteiger partial charge < -0.3 is 13.8 Å².